The summed E-state index contributed by atoms with van der Waals surface area (Å²) in [6.45, 7) is 3.74. The first-order chi connectivity index (χ1) is 10.5. The van der Waals surface area contributed by atoms with E-state index in [1.54, 1.807) is 6.08 Å². The van der Waals surface area contributed by atoms with E-state index >= 15 is 0 Å². The van der Waals surface area contributed by atoms with Crippen molar-refractivity contribution in [1.29, 1.82) is 0 Å². The highest BCUT2D eigenvalue weighted by atomic mass is 16.6. The minimum Gasteiger partial charge on any atom is -0.488 e. The number of nitro benzene ring substituents is 1. The Labute approximate surface area is 126 Å². The number of allylic oxidation sites excluding steroid dienone is 2. The van der Waals surface area contributed by atoms with Crippen LogP contribution in [0.4, 0.5) is 5.69 Å². The topological polar surface area (TPSA) is 94.5 Å². The van der Waals surface area contributed by atoms with Crippen LogP contribution in [-0.2, 0) is 0 Å². The van der Waals surface area contributed by atoms with E-state index in [9.17, 15) is 14.9 Å². The second-order valence-corrected chi connectivity index (χ2v) is 4.51. The number of H-pyrrole nitrogens is 1. The SMILES string of the molecule is CC=C(CC)Oc1c(OC)c(=O)[nH]c2cc([N+](=O)[O-])ccc12. The molecule has 22 heavy (non-hydrogen) atoms. The van der Waals surface area contributed by atoms with Crippen LogP contribution in [0.1, 0.15) is 20.3 Å². The molecule has 7 nitrogen and oxygen atoms in total. The molecule has 0 saturated carbocycles. The molecule has 1 aromatic carbocycles. The van der Waals surface area contributed by atoms with Gasteiger partial charge in [0.1, 0.15) is 0 Å². The van der Waals surface area contributed by atoms with Crippen LogP contribution < -0.4 is 15.0 Å². The van der Waals surface area contributed by atoms with Gasteiger partial charge in [-0.25, -0.2) is 0 Å². The Morgan fingerprint density at radius 2 is 2.14 bits per heavy atom. The predicted octanol–water partition coefficient (Wildman–Crippen LogP) is 3.14. The van der Waals surface area contributed by atoms with Gasteiger partial charge in [0.25, 0.3) is 11.2 Å². The largest absolute Gasteiger partial charge is 0.488 e. The normalized spacial score (nSPS) is 11.5. The fourth-order valence-electron chi connectivity index (χ4n) is 2.10. The minimum absolute atomic E-state index is 0.0363. The van der Waals surface area contributed by atoms with Crippen molar-refractivity contribution in [3.63, 3.8) is 0 Å². The van der Waals surface area contributed by atoms with Gasteiger partial charge in [0.2, 0.25) is 5.75 Å². The number of methoxy groups -OCH3 is 1. The zero-order chi connectivity index (χ0) is 16.3. The molecule has 0 aliphatic carbocycles. The highest BCUT2D eigenvalue weighted by molar-refractivity contribution is 5.89. The van der Waals surface area contributed by atoms with Gasteiger partial charge in [-0.3, -0.25) is 14.9 Å². The molecule has 0 spiro atoms. The van der Waals surface area contributed by atoms with Crippen LogP contribution in [0.5, 0.6) is 11.5 Å². The molecule has 0 unspecified atom stereocenters. The van der Waals surface area contributed by atoms with Crippen LogP contribution in [0.15, 0.2) is 34.8 Å². The highest BCUT2D eigenvalue weighted by Gasteiger charge is 2.18. The average molecular weight is 304 g/mol. The van der Waals surface area contributed by atoms with Gasteiger partial charge in [0.15, 0.2) is 5.75 Å². The van der Waals surface area contributed by atoms with Crippen molar-refractivity contribution in [2.75, 3.05) is 7.11 Å². The lowest BCUT2D eigenvalue weighted by Gasteiger charge is -2.13. The van der Waals surface area contributed by atoms with Crippen molar-refractivity contribution in [2.24, 2.45) is 0 Å². The smallest absolute Gasteiger partial charge is 0.294 e. The first-order valence-electron chi connectivity index (χ1n) is 6.73. The van der Waals surface area contributed by atoms with Crippen LogP contribution >= 0.6 is 0 Å². The molecule has 116 valence electrons. The number of rotatable bonds is 5. The van der Waals surface area contributed by atoms with Gasteiger partial charge in [-0.1, -0.05) is 6.92 Å². The van der Waals surface area contributed by atoms with Crippen LogP contribution in [-0.4, -0.2) is 17.0 Å². The van der Waals surface area contributed by atoms with E-state index in [2.05, 4.69) is 4.98 Å². The summed E-state index contributed by atoms with van der Waals surface area (Å²) in [6.07, 6.45) is 2.43. The summed E-state index contributed by atoms with van der Waals surface area (Å²) in [4.78, 5) is 25.0. The predicted molar refractivity (Wildman–Crippen MR) is 82.5 cm³/mol. The standard InChI is InChI=1S/C15H16N2O5/c1-4-10(5-2)22-13-11-7-6-9(17(19)20)8-12(11)16-15(18)14(13)21-3/h4,6-8H,5H2,1-3H3,(H,16,18). The first-order valence-corrected chi connectivity index (χ1v) is 6.73. The fourth-order valence-corrected chi connectivity index (χ4v) is 2.10. The van der Waals surface area contributed by atoms with Crippen LogP contribution in [0, 0.1) is 10.1 Å². The summed E-state index contributed by atoms with van der Waals surface area (Å²) in [5.74, 6) is 0.962. The minimum atomic E-state index is -0.522. The Kier molecular flexibility index (Phi) is 4.45. The van der Waals surface area contributed by atoms with Crippen molar-refractivity contribution in [3.05, 3.63) is 50.5 Å². The first kappa shape index (κ1) is 15.6. The summed E-state index contributed by atoms with van der Waals surface area (Å²) in [6, 6.07) is 4.18. The number of fused-ring (bicyclic) bond motifs is 1. The van der Waals surface area contributed by atoms with Crippen molar-refractivity contribution in [3.8, 4) is 11.5 Å². The lowest BCUT2D eigenvalue weighted by Crippen LogP contribution is -2.12. The van der Waals surface area contributed by atoms with Crippen LogP contribution in [0.2, 0.25) is 0 Å². The number of benzene rings is 1. The second-order valence-electron chi connectivity index (χ2n) is 4.51. The Bertz CT molecular complexity index is 807. The molecule has 1 aromatic heterocycles. The van der Waals surface area contributed by atoms with E-state index in [0.29, 0.717) is 23.1 Å². The van der Waals surface area contributed by atoms with Gasteiger partial charge in [0.05, 0.1) is 23.3 Å². The van der Waals surface area contributed by atoms with E-state index in [4.69, 9.17) is 9.47 Å². The van der Waals surface area contributed by atoms with Gasteiger partial charge < -0.3 is 14.5 Å². The highest BCUT2D eigenvalue weighted by Crippen LogP contribution is 2.34. The lowest BCUT2D eigenvalue weighted by molar-refractivity contribution is -0.384. The molecule has 2 rings (SSSR count). The number of pyridine rings is 1. The summed E-state index contributed by atoms with van der Waals surface area (Å²) in [5, 5.41) is 11.4. The molecule has 0 bridgehead atoms. The number of ether oxygens (including phenoxy) is 2. The maximum Gasteiger partial charge on any atom is 0.294 e. The third-order valence-corrected chi connectivity index (χ3v) is 3.23. The molecule has 0 fully saturated rings. The van der Waals surface area contributed by atoms with Crippen molar-refractivity contribution in [1.82, 2.24) is 4.98 Å². The van der Waals surface area contributed by atoms with Gasteiger partial charge in [-0.05, 0) is 19.1 Å². The van der Waals surface area contributed by atoms with Crippen molar-refractivity contribution in [2.45, 2.75) is 20.3 Å². The van der Waals surface area contributed by atoms with E-state index < -0.39 is 10.5 Å². The fraction of sp³-hybridized carbons (Fsp3) is 0.267. The number of non-ortho nitro benzene ring substituents is 1. The Morgan fingerprint density at radius 1 is 1.41 bits per heavy atom. The molecule has 0 amide bonds. The number of aromatic amines is 1. The summed E-state index contributed by atoms with van der Waals surface area (Å²) in [5.41, 5.74) is -0.292. The summed E-state index contributed by atoms with van der Waals surface area (Å²) >= 11 is 0. The Balaban J connectivity index is 2.74. The maximum absolute atomic E-state index is 12.1. The van der Waals surface area contributed by atoms with Crippen LogP contribution in [0.3, 0.4) is 0 Å². The number of nitrogens with zero attached hydrogens (tertiary/aromatic N) is 1. The second kappa shape index (κ2) is 6.30. The monoisotopic (exact) mass is 304 g/mol. The van der Waals surface area contributed by atoms with Crippen molar-refractivity contribution >= 4 is 16.6 Å². The number of nitro groups is 1. The third-order valence-electron chi connectivity index (χ3n) is 3.23. The summed E-state index contributed by atoms with van der Waals surface area (Å²) < 4.78 is 10.9. The molecule has 0 saturated heterocycles. The molecule has 0 atom stereocenters. The van der Waals surface area contributed by atoms with Crippen molar-refractivity contribution < 1.29 is 14.4 Å². The van der Waals surface area contributed by atoms with E-state index in [1.807, 2.05) is 13.8 Å². The van der Waals surface area contributed by atoms with E-state index in [-0.39, 0.29) is 17.2 Å². The zero-order valence-electron chi connectivity index (χ0n) is 12.5. The number of hydrogen-bond donors (Lipinski definition) is 1. The molecule has 1 heterocycles. The molecule has 1 N–H and O–H groups in total. The number of aromatic nitrogens is 1. The van der Waals surface area contributed by atoms with E-state index in [1.165, 1.54) is 25.3 Å². The molecule has 0 aliphatic heterocycles. The van der Waals surface area contributed by atoms with Gasteiger partial charge in [0, 0.05) is 23.9 Å². The molecule has 0 aliphatic rings. The molecule has 7 heteroatoms. The lowest BCUT2D eigenvalue weighted by atomic mass is 10.1. The van der Waals surface area contributed by atoms with Gasteiger partial charge in [-0.2, -0.15) is 0 Å². The molecule has 0 radical (unpaired) electrons. The zero-order valence-corrected chi connectivity index (χ0v) is 12.5. The Morgan fingerprint density at radius 3 is 2.68 bits per heavy atom. The average Bonchev–Trinajstić information content (AvgIpc) is 2.51. The maximum atomic E-state index is 12.1. The van der Waals surface area contributed by atoms with E-state index in [0.717, 1.165) is 0 Å². The third kappa shape index (κ3) is 2.78. The van der Waals surface area contributed by atoms with Gasteiger partial charge in [-0.15, -0.1) is 0 Å². The molecular formula is C15H16N2O5. The van der Waals surface area contributed by atoms with Gasteiger partial charge >= 0.3 is 0 Å². The summed E-state index contributed by atoms with van der Waals surface area (Å²) in [7, 11) is 1.37. The molecule has 2 aromatic rings. The molecular weight excluding hydrogens is 288 g/mol. The quantitative estimate of drug-likeness (QED) is 0.520. The number of hydrogen-bond acceptors (Lipinski definition) is 5. The van der Waals surface area contributed by atoms with Crippen LogP contribution in [0.25, 0.3) is 10.9 Å². The number of nitrogens with one attached hydrogen (secondary N) is 1. The Hall–Kier alpha value is -2.83.